The Bertz CT molecular complexity index is 911. The zero-order valence-electron chi connectivity index (χ0n) is 14.9. The molecule has 0 aliphatic carbocycles. The van der Waals surface area contributed by atoms with E-state index in [0.717, 1.165) is 28.2 Å². The highest BCUT2D eigenvalue weighted by molar-refractivity contribution is 5.99. The maximum Gasteiger partial charge on any atom is 0.130 e. The van der Waals surface area contributed by atoms with E-state index >= 15 is 0 Å². The normalized spacial score (nSPS) is 10.0. The van der Waals surface area contributed by atoms with Crippen LogP contribution in [0.2, 0.25) is 0 Å². The summed E-state index contributed by atoms with van der Waals surface area (Å²) in [5.41, 5.74) is 3.32. The Morgan fingerprint density at radius 3 is 2.00 bits per heavy atom. The Labute approximate surface area is 159 Å². The number of hydrogen-bond acceptors (Lipinski definition) is 4. The van der Waals surface area contributed by atoms with Crippen molar-refractivity contribution in [3.8, 4) is 17.6 Å². The highest BCUT2D eigenvalue weighted by Crippen LogP contribution is 2.17. The zero-order valence-corrected chi connectivity index (χ0v) is 14.9. The van der Waals surface area contributed by atoms with E-state index in [1.807, 2.05) is 78.9 Å². The summed E-state index contributed by atoms with van der Waals surface area (Å²) < 4.78 is 11.4. The number of hydrogen-bond donors (Lipinski definition) is 1. The minimum Gasteiger partial charge on any atom is -0.489 e. The van der Waals surface area contributed by atoms with E-state index in [0.29, 0.717) is 18.7 Å². The van der Waals surface area contributed by atoms with Crippen LogP contribution >= 0.6 is 0 Å². The van der Waals surface area contributed by atoms with Gasteiger partial charge in [-0.1, -0.05) is 54.6 Å². The maximum atomic E-state index is 8.69. The molecule has 0 saturated heterocycles. The first-order chi connectivity index (χ1) is 13.2. The van der Waals surface area contributed by atoms with Gasteiger partial charge in [-0.15, -0.1) is 0 Å². The molecule has 0 amide bonds. The Hall–Kier alpha value is -3.58. The Kier molecular flexibility index (Phi) is 6.21. The first-order valence-electron chi connectivity index (χ1n) is 8.68. The Morgan fingerprint density at radius 1 is 0.778 bits per heavy atom. The molecule has 1 N–H and O–H groups in total. The van der Waals surface area contributed by atoms with Crippen molar-refractivity contribution in [3.63, 3.8) is 0 Å². The second kappa shape index (κ2) is 9.21. The van der Waals surface area contributed by atoms with Crippen molar-refractivity contribution < 1.29 is 9.47 Å². The van der Waals surface area contributed by atoms with E-state index in [9.17, 15) is 0 Å². The molecule has 3 aromatic rings. The van der Waals surface area contributed by atoms with Gasteiger partial charge in [-0.3, -0.25) is 0 Å². The van der Waals surface area contributed by atoms with Crippen LogP contribution in [0.5, 0.6) is 11.5 Å². The lowest BCUT2D eigenvalue weighted by Gasteiger charge is -2.10. The molecule has 4 heteroatoms. The summed E-state index contributed by atoms with van der Waals surface area (Å²) in [4.78, 5) is 0. The second-order valence-corrected chi connectivity index (χ2v) is 6.04. The molecule has 0 spiro atoms. The summed E-state index contributed by atoms with van der Waals surface area (Å²) in [6.45, 7) is 0.687. The number of nitriles is 1. The van der Waals surface area contributed by atoms with Crippen molar-refractivity contribution in [2.24, 2.45) is 0 Å². The average molecular weight is 356 g/mol. The van der Waals surface area contributed by atoms with Crippen LogP contribution in [-0.2, 0) is 13.0 Å². The molecule has 0 fully saturated rings. The highest BCUT2D eigenvalue weighted by Gasteiger charge is 2.03. The third kappa shape index (κ3) is 5.45. The molecule has 0 atom stereocenters. The summed E-state index contributed by atoms with van der Waals surface area (Å²) >= 11 is 0. The molecule has 3 rings (SSSR count). The van der Waals surface area contributed by atoms with Gasteiger partial charge in [-0.05, 0) is 41.0 Å². The lowest BCUT2D eigenvalue weighted by atomic mass is 10.1. The highest BCUT2D eigenvalue weighted by atomic mass is 16.5. The van der Waals surface area contributed by atoms with Gasteiger partial charge in [0.05, 0.1) is 18.2 Å². The zero-order chi connectivity index (χ0) is 18.9. The van der Waals surface area contributed by atoms with Gasteiger partial charge in [0.15, 0.2) is 0 Å². The fraction of sp³-hybridized carbons (Fsp3) is 0.130. The van der Waals surface area contributed by atoms with Crippen molar-refractivity contribution in [2.45, 2.75) is 13.0 Å². The lowest BCUT2D eigenvalue weighted by Crippen LogP contribution is -2.11. The van der Waals surface area contributed by atoms with Crippen molar-refractivity contribution in [2.75, 3.05) is 6.61 Å². The van der Waals surface area contributed by atoms with Gasteiger partial charge in [0.2, 0.25) is 0 Å². The lowest BCUT2D eigenvalue weighted by molar-refractivity contribution is 0.305. The van der Waals surface area contributed by atoms with E-state index in [-0.39, 0.29) is 6.61 Å². The van der Waals surface area contributed by atoms with Gasteiger partial charge < -0.3 is 14.9 Å². The van der Waals surface area contributed by atoms with Gasteiger partial charge in [0.25, 0.3) is 0 Å². The predicted molar refractivity (Wildman–Crippen MR) is 105 cm³/mol. The molecule has 27 heavy (non-hydrogen) atoms. The molecule has 3 aromatic carbocycles. The van der Waals surface area contributed by atoms with Gasteiger partial charge >= 0.3 is 0 Å². The van der Waals surface area contributed by atoms with Crippen LogP contribution in [0, 0.1) is 16.7 Å². The van der Waals surface area contributed by atoms with Crippen molar-refractivity contribution >= 4 is 5.71 Å². The standard InChI is InChI=1S/C23H20N2O2/c24-15-14-18-6-10-21(11-7-18)26-16-19-8-12-22(13-9-19)27-17-23(25)20-4-2-1-3-5-20/h1-13,25H,14,16-17H2. The molecule has 0 aliphatic rings. The van der Waals surface area contributed by atoms with E-state index in [4.69, 9.17) is 20.1 Å². The van der Waals surface area contributed by atoms with Crippen LogP contribution in [0.15, 0.2) is 78.9 Å². The SMILES string of the molecule is N#CCc1ccc(OCc2ccc(OCC(=N)c3ccccc3)cc2)cc1. The first kappa shape index (κ1) is 18.2. The van der Waals surface area contributed by atoms with Gasteiger partial charge in [-0.25, -0.2) is 0 Å². The predicted octanol–water partition coefficient (Wildman–Crippen LogP) is 4.78. The van der Waals surface area contributed by atoms with E-state index in [1.54, 1.807) is 0 Å². The van der Waals surface area contributed by atoms with Crippen LogP contribution in [0.3, 0.4) is 0 Å². The molecule has 0 heterocycles. The fourth-order valence-corrected chi connectivity index (χ4v) is 2.52. The van der Waals surface area contributed by atoms with Crippen molar-refractivity contribution in [1.29, 1.82) is 10.7 Å². The molecular formula is C23H20N2O2. The molecule has 0 aliphatic heterocycles. The minimum absolute atomic E-state index is 0.231. The van der Waals surface area contributed by atoms with Gasteiger partial charge in [0, 0.05) is 0 Å². The number of nitrogens with zero attached hydrogens (tertiary/aromatic N) is 1. The van der Waals surface area contributed by atoms with Crippen LogP contribution in [0.1, 0.15) is 16.7 Å². The fourth-order valence-electron chi connectivity index (χ4n) is 2.52. The third-order valence-corrected chi connectivity index (χ3v) is 4.04. The van der Waals surface area contributed by atoms with Crippen LogP contribution < -0.4 is 9.47 Å². The average Bonchev–Trinajstić information content (AvgIpc) is 2.73. The van der Waals surface area contributed by atoms with Crippen LogP contribution in [-0.4, -0.2) is 12.3 Å². The molecule has 0 aromatic heterocycles. The molecular weight excluding hydrogens is 336 g/mol. The number of benzene rings is 3. The number of nitrogens with one attached hydrogen (secondary N) is 1. The molecule has 0 bridgehead atoms. The monoisotopic (exact) mass is 356 g/mol. The van der Waals surface area contributed by atoms with Crippen molar-refractivity contribution in [3.05, 3.63) is 95.6 Å². The molecule has 0 radical (unpaired) electrons. The molecule has 4 nitrogen and oxygen atoms in total. The topological polar surface area (TPSA) is 66.1 Å². The Morgan fingerprint density at radius 2 is 1.37 bits per heavy atom. The third-order valence-electron chi connectivity index (χ3n) is 4.04. The van der Waals surface area contributed by atoms with Crippen LogP contribution in [0.25, 0.3) is 0 Å². The van der Waals surface area contributed by atoms with Crippen molar-refractivity contribution in [1.82, 2.24) is 0 Å². The molecule has 134 valence electrons. The molecule has 0 unspecified atom stereocenters. The smallest absolute Gasteiger partial charge is 0.130 e. The summed E-state index contributed by atoms with van der Waals surface area (Å²) in [5, 5.41) is 16.7. The second-order valence-electron chi connectivity index (χ2n) is 6.04. The minimum atomic E-state index is 0.231. The van der Waals surface area contributed by atoms with E-state index < -0.39 is 0 Å². The van der Waals surface area contributed by atoms with Gasteiger partial charge in [0.1, 0.15) is 24.7 Å². The van der Waals surface area contributed by atoms with Gasteiger partial charge in [-0.2, -0.15) is 5.26 Å². The largest absolute Gasteiger partial charge is 0.489 e. The maximum absolute atomic E-state index is 8.69. The quantitative estimate of drug-likeness (QED) is 0.591. The van der Waals surface area contributed by atoms with Crippen LogP contribution in [0.4, 0.5) is 0 Å². The number of ether oxygens (including phenoxy) is 2. The summed E-state index contributed by atoms with van der Waals surface area (Å²) in [7, 11) is 0. The summed E-state index contributed by atoms with van der Waals surface area (Å²) in [6, 6.07) is 26.9. The van der Waals surface area contributed by atoms with E-state index in [2.05, 4.69) is 6.07 Å². The molecule has 0 saturated carbocycles. The number of rotatable bonds is 8. The summed E-state index contributed by atoms with van der Waals surface area (Å²) in [5.74, 6) is 1.49. The first-order valence-corrected chi connectivity index (χ1v) is 8.68. The Balaban J connectivity index is 1.48. The summed E-state index contributed by atoms with van der Waals surface area (Å²) in [6.07, 6.45) is 0.406. The van der Waals surface area contributed by atoms with E-state index in [1.165, 1.54) is 0 Å².